The summed E-state index contributed by atoms with van der Waals surface area (Å²) in [4.78, 5) is 4.98. The van der Waals surface area contributed by atoms with Crippen molar-refractivity contribution in [2.24, 2.45) is 0 Å². The molecule has 0 radical (unpaired) electrons. The van der Waals surface area contributed by atoms with Gasteiger partial charge in [0, 0.05) is 44.0 Å². The summed E-state index contributed by atoms with van der Waals surface area (Å²) in [7, 11) is 5.08. The average molecular weight is 385 g/mol. The summed E-state index contributed by atoms with van der Waals surface area (Å²) in [5.41, 5.74) is 5.13. The van der Waals surface area contributed by atoms with Gasteiger partial charge in [0.2, 0.25) is 0 Å². The molecule has 3 rings (SSSR count). The zero-order valence-electron chi connectivity index (χ0n) is 17.9. The second-order valence-electron chi connectivity index (χ2n) is 7.35. The molecule has 1 heterocycles. The van der Waals surface area contributed by atoms with Crippen LogP contribution >= 0.6 is 0 Å². The molecule has 0 saturated carbocycles. The van der Waals surface area contributed by atoms with Crippen molar-refractivity contribution in [3.8, 4) is 17.2 Å². The molecular formula is C23H32N2O3. The summed E-state index contributed by atoms with van der Waals surface area (Å²) >= 11 is 0. The summed E-state index contributed by atoms with van der Waals surface area (Å²) in [5, 5.41) is 0. The van der Waals surface area contributed by atoms with Gasteiger partial charge in [0.1, 0.15) is 5.75 Å². The van der Waals surface area contributed by atoms with Crippen LogP contribution in [0.3, 0.4) is 0 Å². The van der Waals surface area contributed by atoms with Crippen molar-refractivity contribution in [1.82, 2.24) is 4.90 Å². The third-order valence-electron chi connectivity index (χ3n) is 6.04. The van der Waals surface area contributed by atoms with Crippen LogP contribution in [0.2, 0.25) is 0 Å². The van der Waals surface area contributed by atoms with Gasteiger partial charge in [0.15, 0.2) is 11.5 Å². The fourth-order valence-electron chi connectivity index (χ4n) is 4.08. The topological polar surface area (TPSA) is 34.2 Å². The summed E-state index contributed by atoms with van der Waals surface area (Å²) in [6.07, 6.45) is 0. The molecule has 0 spiro atoms. The van der Waals surface area contributed by atoms with Crippen molar-refractivity contribution >= 4 is 5.69 Å². The minimum atomic E-state index is 0.386. The van der Waals surface area contributed by atoms with E-state index < -0.39 is 0 Å². The van der Waals surface area contributed by atoms with Gasteiger partial charge in [-0.05, 0) is 55.7 Å². The van der Waals surface area contributed by atoms with Crippen molar-refractivity contribution < 1.29 is 14.2 Å². The van der Waals surface area contributed by atoms with Gasteiger partial charge in [0.25, 0.3) is 0 Å². The zero-order chi connectivity index (χ0) is 20.3. The molecule has 0 N–H and O–H groups in total. The molecule has 152 valence electrons. The van der Waals surface area contributed by atoms with Crippen molar-refractivity contribution in [1.29, 1.82) is 0 Å². The molecule has 2 aromatic carbocycles. The van der Waals surface area contributed by atoms with Crippen molar-refractivity contribution in [2.75, 3.05) is 52.4 Å². The van der Waals surface area contributed by atoms with Crippen LogP contribution < -0.4 is 19.1 Å². The lowest BCUT2D eigenvalue weighted by Crippen LogP contribution is -2.47. The molecule has 1 aliphatic heterocycles. The summed E-state index contributed by atoms with van der Waals surface area (Å²) in [6.45, 7) is 10.7. The molecule has 1 fully saturated rings. The molecule has 0 aromatic heterocycles. The Kier molecular flexibility index (Phi) is 6.35. The summed E-state index contributed by atoms with van der Waals surface area (Å²) < 4.78 is 16.3. The highest BCUT2D eigenvalue weighted by Crippen LogP contribution is 2.34. The number of methoxy groups -OCH3 is 3. The Bertz CT molecular complexity index is 814. The Balaban J connectivity index is 1.69. The van der Waals surface area contributed by atoms with Gasteiger partial charge in [0.05, 0.1) is 21.3 Å². The van der Waals surface area contributed by atoms with E-state index in [0.29, 0.717) is 6.04 Å². The number of rotatable bonds is 6. The normalized spacial score (nSPS) is 16.0. The minimum absolute atomic E-state index is 0.386. The van der Waals surface area contributed by atoms with E-state index in [4.69, 9.17) is 14.2 Å². The zero-order valence-corrected chi connectivity index (χ0v) is 17.9. The smallest absolute Gasteiger partial charge is 0.162 e. The van der Waals surface area contributed by atoms with Crippen LogP contribution in [0.5, 0.6) is 17.2 Å². The molecule has 5 heteroatoms. The predicted octanol–water partition coefficient (Wildman–Crippen LogP) is 4.21. The van der Waals surface area contributed by atoms with Crippen molar-refractivity contribution in [3.05, 3.63) is 47.0 Å². The highest BCUT2D eigenvalue weighted by molar-refractivity contribution is 5.56. The minimum Gasteiger partial charge on any atom is -0.496 e. The molecule has 5 nitrogen and oxygen atoms in total. The molecule has 28 heavy (non-hydrogen) atoms. The maximum atomic E-state index is 5.47. The first-order valence-corrected chi connectivity index (χ1v) is 9.85. The van der Waals surface area contributed by atoms with Gasteiger partial charge in [-0.15, -0.1) is 0 Å². The standard InChI is InChI=1S/C23H32N2O3/c1-16-17(2)21(26-4)10-8-20(16)18(3)24-11-13-25(14-12-24)19-7-9-22(27-5)23(15-19)28-6/h7-10,15,18H,11-14H2,1-6H3. The highest BCUT2D eigenvalue weighted by atomic mass is 16.5. The maximum Gasteiger partial charge on any atom is 0.162 e. The Morgan fingerprint density at radius 2 is 1.36 bits per heavy atom. The van der Waals surface area contributed by atoms with Crippen LogP contribution in [0.15, 0.2) is 30.3 Å². The van der Waals surface area contributed by atoms with Crippen LogP contribution in [0.4, 0.5) is 5.69 Å². The van der Waals surface area contributed by atoms with Crippen LogP contribution in [0.25, 0.3) is 0 Å². The van der Waals surface area contributed by atoms with Crippen molar-refractivity contribution in [2.45, 2.75) is 26.8 Å². The van der Waals surface area contributed by atoms with E-state index in [0.717, 1.165) is 43.4 Å². The lowest BCUT2D eigenvalue weighted by molar-refractivity contribution is 0.198. The monoisotopic (exact) mass is 384 g/mol. The SMILES string of the molecule is COc1ccc(N2CCN(C(C)c3ccc(OC)c(C)c3C)CC2)cc1OC. The van der Waals surface area contributed by atoms with E-state index in [1.807, 2.05) is 6.07 Å². The largest absolute Gasteiger partial charge is 0.496 e. The molecule has 0 aliphatic carbocycles. The van der Waals surface area contributed by atoms with Crippen LogP contribution in [0, 0.1) is 13.8 Å². The number of hydrogen-bond donors (Lipinski definition) is 0. The first-order chi connectivity index (χ1) is 13.5. The fourth-order valence-corrected chi connectivity index (χ4v) is 4.08. The molecule has 2 aromatic rings. The summed E-state index contributed by atoms with van der Waals surface area (Å²) in [6, 6.07) is 10.8. The molecule has 1 atom stereocenters. The highest BCUT2D eigenvalue weighted by Gasteiger charge is 2.24. The summed E-state index contributed by atoms with van der Waals surface area (Å²) in [5.74, 6) is 2.51. The van der Waals surface area contributed by atoms with Crippen LogP contribution in [0.1, 0.15) is 29.7 Å². The van der Waals surface area contributed by atoms with Gasteiger partial charge in [-0.3, -0.25) is 4.90 Å². The molecular weight excluding hydrogens is 352 g/mol. The lowest BCUT2D eigenvalue weighted by Gasteiger charge is -2.40. The number of anilines is 1. The van der Waals surface area contributed by atoms with Gasteiger partial charge in [-0.25, -0.2) is 0 Å². The Morgan fingerprint density at radius 3 is 1.96 bits per heavy atom. The molecule has 0 bridgehead atoms. The predicted molar refractivity (Wildman–Crippen MR) is 114 cm³/mol. The fraction of sp³-hybridized carbons (Fsp3) is 0.478. The Hall–Kier alpha value is -2.40. The van der Waals surface area contributed by atoms with Gasteiger partial charge in [-0.2, -0.15) is 0 Å². The van der Waals surface area contributed by atoms with E-state index >= 15 is 0 Å². The molecule has 1 unspecified atom stereocenters. The first-order valence-electron chi connectivity index (χ1n) is 9.85. The molecule has 0 amide bonds. The van der Waals surface area contributed by atoms with E-state index in [1.165, 1.54) is 22.4 Å². The second-order valence-corrected chi connectivity index (χ2v) is 7.35. The number of nitrogens with zero attached hydrogens (tertiary/aromatic N) is 2. The van der Waals surface area contributed by atoms with Gasteiger partial charge >= 0.3 is 0 Å². The van der Waals surface area contributed by atoms with Gasteiger partial charge in [-0.1, -0.05) is 6.07 Å². The van der Waals surface area contributed by atoms with E-state index in [-0.39, 0.29) is 0 Å². The van der Waals surface area contributed by atoms with E-state index in [1.54, 1.807) is 21.3 Å². The van der Waals surface area contributed by atoms with Crippen LogP contribution in [-0.4, -0.2) is 52.4 Å². The molecule has 1 aliphatic rings. The Labute approximate surface area is 168 Å². The van der Waals surface area contributed by atoms with Gasteiger partial charge < -0.3 is 19.1 Å². The maximum absolute atomic E-state index is 5.47. The third kappa shape index (κ3) is 3.90. The van der Waals surface area contributed by atoms with Crippen LogP contribution in [-0.2, 0) is 0 Å². The third-order valence-corrected chi connectivity index (χ3v) is 6.04. The average Bonchev–Trinajstić information content (AvgIpc) is 2.74. The van der Waals surface area contributed by atoms with E-state index in [9.17, 15) is 0 Å². The quantitative estimate of drug-likeness (QED) is 0.745. The first kappa shape index (κ1) is 20.3. The van der Waals surface area contributed by atoms with Crippen molar-refractivity contribution in [3.63, 3.8) is 0 Å². The second kappa shape index (κ2) is 8.74. The Morgan fingerprint density at radius 1 is 0.750 bits per heavy atom. The molecule has 1 saturated heterocycles. The number of benzene rings is 2. The lowest BCUT2D eigenvalue weighted by atomic mass is 9.96. The number of ether oxygens (including phenoxy) is 3. The van der Waals surface area contributed by atoms with E-state index in [2.05, 4.69) is 54.8 Å². The number of piperazine rings is 1. The number of hydrogen-bond acceptors (Lipinski definition) is 5.